The van der Waals surface area contributed by atoms with E-state index in [0.29, 0.717) is 18.3 Å². The quantitative estimate of drug-likeness (QED) is 0.865. The molecular formula is C19H31N3O2. The third kappa shape index (κ3) is 4.59. The van der Waals surface area contributed by atoms with E-state index in [1.807, 2.05) is 11.7 Å². The fraction of sp³-hybridized carbons (Fsp3) is 0.789. The van der Waals surface area contributed by atoms with Crippen molar-refractivity contribution in [2.45, 2.75) is 70.3 Å². The summed E-state index contributed by atoms with van der Waals surface area (Å²) in [6.07, 6.45) is 12.3. The topological polar surface area (TPSA) is 58.4 Å². The Bertz CT molecular complexity index is 549. The lowest BCUT2D eigenvalue weighted by Crippen LogP contribution is -2.35. The molecule has 2 fully saturated rings. The summed E-state index contributed by atoms with van der Waals surface area (Å²) >= 11 is 0. The van der Waals surface area contributed by atoms with Gasteiger partial charge in [0, 0.05) is 44.2 Å². The number of rotatable bonds is 6. The molecular weight excluding hydrogens is 302 g/mol. The lowest BCUT2D eigenvalue weighted by Gasteiger charge is -2.33. The van der Waals surface area contributed by atoms with Crippen LogP contribution in [0.1, 0.15) is 75.0 Å². The highest BCUT2D eigenvalue weighted by Gasteiger charge is 2.25. The van der Waals surface area contributed by atoms with E-state index in [1.165, 1.54) is 56.2 Å². The van der Waals surface area contributed by atoms with E-state index in [9.17, 15) is 4.79 Å². The maximum Gasteiger partial charge on any atom is 0.303 e. The zero-order chi connectivity index (χ0) is 16.9. The normalized spacial score (nSPS) is 23.5. The Morgan fingerprint density at radius 3 is 2.79 bits per heavy atom. The number of carbonyl (C=O) groups is 1. The molecule has 0 bridgehead atoms. The zero-order valence-corrected chi connectivity index (χ0v) is 14.9. The number of aromatic nitrogens is 2. The van der Waals surface area contributed by atoms with E-state index < -0.39 is 5.97 Å². The van der Waals surface area contributed by atoms with Crippen LogP contribution in [-0.2, 0) is 18.4 Å². The Kier molecular flexibility index (Phi) is 5.93. The first-order chi connectivity index (χ1) is 11.6. The minimum Gasteiger partial charge on any atom is -0.481 e. The molecule has 1 aromatic heterocycles. The fourth-order valence-electron chi connectivity index (χ4n) is 4.50. The van der Waals surface area contributed by atoms with Gasteiger partial charge in [-0.15, -0.1) is 0 Å². The van der Waals surface area contributed by atoms with Crippen molar-refractivity contribution in [3.05, 3.63) is 17.5 Å². The maximum absolute atomic E-state index is 10.8. The van der Waals surface area contributed by atoms with Gasteiger partial charge in [0.1, 0.15) is 0 Å². The standard InChI is InChI=1S/C19H31N3O2/c1-21-13-17(19(20-21)16-7-3-2-4-8-16)14-22-11-5-6-15(12-22)9-10-18(23)24/h13,15-16H,2-12,14H2,1H3,(H,23,24). The summed E-state index contributed by atoms with van der Waals surface area (Å²) in [6, 6.07) is 0. The second-order valence-corrected chi connectivity index (χ2v) is 7.72. The average molecular weight is 333 g/mol. The molecule has 134 valence electrons. The Morgan fingerprint density at radius 2 is 2.04 bits per heavy atom. The number of nitrogens with zero attached hydrogens (tertiary/aromatic N) is 3. The van der Waals surface area contributed by atoms with Crippen LogP contribution in [0.15, 0.2) is 6.20 Å². The van der Waals surface area contributed by atoms with E-state index in [2.05, 4.69) is 11.1 Å². The van der Waals surface area contributed by atoms with Crippen molar-refractivity contribution in [1.82, 2.24) is 14.7 Å². The molecule has 0 spiro atoms. The van der Waals surface area contributed by atoms with Crippen LogP contribution in [-0.4, -0.2) is 38.8 Å². The van der Waals surface area contributed by atoms with E-state index >= 15 is 0 Å². The van der Waals surface area contributed by atoms with Crippen molar-refractivity contribution in [1.29, 1.82) is 0 Å². The summed E-state index contributed by atoms with van der Waals surface area (Å²) in [6.45, 7) is 3.14. The summed E-state index contributed by atoms with van der Waals surface area (Å²) < 4.78 is 1.98. The molecule has 1 aromatic rings. The van der Waals surface area contributed by atoms with Gasteiger partial charge in [-0.3, -0.25) is 14.4 Å². The van der Waals surface area contributed by atoms with Crippen molar-refractivity contribution in [3.8, 4) is 0 Å². The molecule has 0 radical (unpaired) electrons. The second-order valence-electron chi connectivity index (χ2n) is 7.72. The summed E-state index contributed by atoms with van der Waals surface area (Å²) in [4.78, 5) is 13.3. The lowest BCUT2D eigenvalue weighted by molar-refractivity contribution is -0.137. The predicted molar refractivity (Wildman–Crippen MR) is 93.9 cm³/mol. The number of carboxylic acids is 1. The average Bonchev–Trinajstić information content (AvgIpc) is 2.94. The van der Waals surface area contributed by atoms with Gasteiger partial charge in [-0.25, -0.2) is 0 Å². The first kappa shape index (κ1) is 17.5. The van der Waals surface area contributed by atoms with E-state index in [1.54, 1.807) is 0 Å². The molecule has 5 nitrogen and oxygen atoms in total. The monoisotopic (exact) mass is 333 g/mol. The third-order valence-corrected chi connectivity index (χ3v) is 5.69. The van der Waals surface area contributed by atoms with Gasteiger partial charge >= 0.3 is 5.97 Å². The minimum atomic E-state index is -0.668. The molecule has 3 rings (SSSR count). The summed E-state index contributed by atoms with van der Waals surface area (Å²) in [5.41, 5.74) is 2.72. The SMILES string of the molecule is Cn1cc(CN2CCCC(CCC(=O)O)C2)c(C2CCCCC2)n1. The number of aryl methyl sites for hydroxylation is 1. The van der Waals surface area contributed by atoms with Crippen LogP contribution < -0.4 is 0 Å². The first-order valence-electron chi connectivity index (χ1n) is 9.58. The maximum atomic E-state index is 10.8. The first-order valence-corrected chi connectivity index (χ1v) is 9.58. The van der Waals surface area contributed by atoms with Gasteiger partial charge in [0.05, 0.1) is 5.69 Å². The van der Waals surface area contributed by atoms with Gasteiger partial charge in [0.2, 0.25) is 0 Å². The number of aliphatic carboxylic acids is 1. The summed E-state index contributed by atoms with van der Waals surface area (Å²) in [5.74, 6) is 0.506. The molecule has 1 saturated carbocycles. The lowest BCUT2D eigenvalue weighted by atomic mass is 9.85. The van der Waals surface area contributed by atoms with Crippen molar-refractivity contribution >= 4 is 5.97 Å². The Labute approximate surface area is 145 Å². The van der Waals surface area contributed by atoms with Crippen molar-refractivity contribution in [3.63, 3.8) is 0 Å². The van der Waals surface area contributed by atoms with Crippen LogP contribution in [0.25, 0.3) is 0 Å². The van der Waals surface area contributed by atoms with E-state index in [4.69, 9.17) is 10.2 Å². The Balaban J connectivity index is 1.61. The number of piperidine rings is 1. The molecule has 1 atom stereocenters. The van der Waals surface area contributed by atoms with E-state index in [-0.39, 0.29) is 0 Å². The number of likely N-dealkylation sites (tertiary alicyclic amines) is 1. The summed E-state index contributed by atoms with van der Waals surface area (Å²) in [7, 11) is 2.03. The molecule has 2 heterocycles. The molecule has 0 amide bonds. The van der Waals surface area contributed by atoms with Gasteiger partial charge in [-0.05, 0) is 44.6 Å². The Morgan fingerprint density at radius 1 is 1.25 bits per heavy atom. The molecule has 1 saturated heterocycles. The molecule has 24 heavy (non-hydrogen) atoms. The third-order valence-electron chi connectivity index (χ3n) is 5.69. The molecule has 1 unspecified atom stereocenters. The van der Waals surface area contributed by atoms with Gasteiger partial charge in [-0.2, -0.15) is 5.10 Å². The number of hydrogen-bond donors (Lipinski definition) is 1. The molecule has 1 N–H and O–H groups in total. The smallest absolute Gasteiger partial charge is 0.303 e. The van der Waals surface area contributed by atoms with Crippen LogP contribution in [0.2, 0.25) is 0 Å². The molecule has 5 heteroatoms. The largest absolute Gasteiger partial charge is 0.481 e. The predicted octanol–water partition coefficient (Wildman–Crippen LogP) is 3.54. The highest BCUT2D eigenvalue weighted by Crippen LogP contribution is 2.34. The zero-order valence-electron chi connectivity index (χ0n) is 14.9. The van der Waals surface area contributed by atoms with Gasteiger partial charge < -0.3 is 5.11 Å². The van der Waals surface area contributed by atoms with E-state index in [0.717, 1.165) is 26.1 Å². The summed E-state index contributed by atoms with van der Waals surface area (Å²) in [5, 5.41) is 13.7. The highest BCUT2D eigenvalue weighted by molar-refractivity contribution is 5.66. The highest BCUT2D eigenvalue weighted by atomic mass is 16.4. The van der Waals surface area contributed by atoms with Crippen LogP contribution in [0.3, 0.4) is 0 Å². The van der Waals surface area contributed by atoms with Crippen molar-refractivity contribution < 1.29 is 9.90 Å². The van der Waals surface area contributed by atoms with Gasteiger partial charge in [-0.1, -0.05) is 19.3 Å². The van der Waals surface area contributed by atoms with Crippen LogP contribution >= 0.6 is 0 Å². The second kappa shape index (κ2) is 8.15. The van der Waals surface area contributed by atoms with Gasteiger partial charge in [0.15, 0.2) is 0 Å². The molecule has 2 aliphatic rings. The Hall–Kier alpha value is -1.36. The van der Waals surface area contributed by atoms with Crippen molar-refractivity contribution in [2.24, 2.45) is 13.0 Å². The molecule has 1 aliphatic heterocycles. The molecule has 1 aliphatic carbocycles. The molecule has 0 aromatic carbocycles. The van der Waals surface area contributed by atoms with Crippen LogP contribution in [0.4, 0.5) is 0 Å². The number of hydrogen-bond acceptors (Lipinski definition) is 3. The fourth-order valence-corrected chi connectivity index (χ4v) is 4.50. The minimum absolute atomic E-state index is 0.304. The number of carboxylic acid groups (broad SMARTS) is 1. The van der Waals surface area contributed by atoms with Crippen LogP contribution in [0, 0.1) is 5.92 Å². The van der Waals surface area contributed by atoms with Gasteiger partial charge in [0.25, 0.3) is 0 Å². The van der Waals surface area contributed by atoms with Crippen molar-refractivity contribution in [2.75, 3.05) is 13.1 Å². The van der Waals surface area contributed by atoms with Crippen LogP contribution in [0.5, 0.6) is 0 Å².